The lowest BCUT2D eigenvalue weighted by molar-refractivity contribution is -0.166. The molecule has 1 unspecified atom stereocenters. The van der Waals surface area contributed by atoms with Crippen LogP contribution in [0.4, 0.5) is 0 Å². The lowest BCUT2D eigenvalue weighted by atomic mass is 10.2. The first kappa shape index (κ1) is 55.5. The fraction of sp³-hybridized carbons (Fsp3) is 0.757. The zero-order chi connectivity index (χ0) is 42.8. The summed E-state index contributed by atoms with van der Waals surface area (Å²) in [7, 11) is 0. The number of carboxylic acids is 2. The van der Waals surface area contributed by atoms with E-state index in [1.54, 1.807) is 27.7 Å². The van der Waals surface area contributed by atoms with Crippen molar-refractivity contribution in [1.29, 1.82) is 0 Å². The predicted molar refractivity (Wildman–Crippen MR) is 194 cm³/mol. The van der Waals surface area contributed by atoms with Crippen LogP contribution in [-0.4, -0.2) is 118 Å². The number of esters is 7. The summed E-state index contributed by atoms with van der Waals surface area (Å²) in [5.74, 6) is -5.73. The summed E-state index contributed by atoms with van der Waals surface area (Å²) in [6.07, 6.45) is -5.02. The molecular formula is C37H62O19. The molecule has 1 rings (SSSR count). The third-order valence-electron chi connectivity index (χ3n) is 6.44. The van der Waals surface area contributed by atoms with Crippen molar-refractivity contribution < 1.29 is 91.6 Å². The number of aliphatic hydroxyl groups excluding tert-OH is 1. The Morgan fingerprint density at radius 1 is 0.554 bits per heavy atom. The molecule has 0 aromatic rings. The van der Waals surface area contributed by atoms with Gasteiger partial charge in [0.25, 0.3) is 0 Å². The Balaban J connectivity index is -0.000000746. The van der Waals surface area contributed by atoms with Crippen molar-refractivity contribution in [1.82, 2.24) is 0 Å². The highest BCUT2D eigenvalue weighted by molar-refractivity contribution is 5.76. The Hall–Kier alpha value is -4.81. The predicted octanol–water partition coefficient (Wildman–Crippen LogP) is 3.60. The monoisotopic (exact) mass is 810 g/mol. The summed E-state index contributed by atoms with van der Waals surface area (Å²) in [5, 5.41) is 26.0. The Bertz CT molecular complexity index is 1170. The minimum absolute atomic E-state index is 0. The number of carboxylic acid groups (broad SMARTS) is 2. The van der Waals surface area contributed by atoms with Gasteiger partial charge in [-0.2, -0.15) is 0 Å². The van der Waals surface area contributed by atoms with Crippen molar-refractivity contribution in [2.75, 3.05) is 0 Å². The van der Waals surface area contributed by atoms with Crippen LogP contribution in [0.2, 0.25) is 0 Å². The number of cyclic esters (lactones) is 3. The summed E-state index contributed by atoms with van der Waals surface area (Å²) >= 11 is 0. The third kappa shape index (κ3) is 33.7. The molecular weight excluding hydrogens is 748 g/mol. The van der Waals surface area contributed by atoms with Crippen molar-refractivity contribution >= 4 is 53.7 Å². The number of aliphatic carboxylic acids is 2. The third-order valence-corrected chi connectivity index (χ3v) is 6.44. The van der Waals surface area contributed by atoms with E-state index < -0.39 is 96.6 Å². The topological polar surface area (TPSA) is 279 Å². The summed E-state index contributed by atoms with van der Waals surface area (Å²) < 4.78 is 34.6. The fourth-order valence-corrected chi connectivity index (χ4v) is 4.32. The van der Waals surface area contributed by atoms with Crippen molar-refractivity contribution in [3.8, 4) is 0 Å². The molecule has 0 aromatic carbocycles. The molecule has 19 heteroatoms. The van der Waals surface area contributed by atoms with E-state index in [0.717, 1.165) is 0 Å². The molecule has 8 atom stereocenters. The van der Waals surface area contributed by atoms with E-state index in [9.17, 15) is 43.2 Å². The van der Waals surface area contributed by atoms with E-state index in [1.165, 1.54) is 27.7 Å². The Labute approximate surface area is 328 Å². The highest BCUT2D eigenvalue weighted by atomic mass is 16.6. The normalized spacial score (nSPS) is 19.6. The van der Waals surface area contributed by atoms with E-state index in [4.69, 9.17) is 48.5 Å². The number of carbonyl (C=O) groups is 9. The summed E-state index contributed by atoms with van der Waals surface area (Å²) in [5.41, 5.74) is 0. The maximum absolute atomic E-state index is 11.4. The van der Waals surface area contributed by atoms with E-state index in [2.05, 4.69) is 0 Å². The number of hydrogen-bond donors (Lipinski definition) is 3. The second-order valence-electron chi connectivity index (χ2n) is 13.1. The lowest BCUT2D eigenvalue weighted by Gasteiger charge is -2.20. The average Bonchev–Trinajstić information content (AvgIpc) is 2.94. The maximum atomic E-state index is 11.4. The summed E-state index contributed by atoms with van der Waals surface area (Å²) in [4.78, 5) is 100. The average molecular weight is 811 g/mol. The van der Waals surface area contributed by atoms with E-state index in [-0.39, 0.29) is 64.8 Å². The van der Waals surface area contributed by atoms with Gasteiger partial charge in [0.05, 0.1) is 57.5 Å². The highest BCUT2D eigenvalue weighted by Crippen LogP contribution is 2.12. The first-order chi connectivity index (χ1) is 25.4. The van der Waals surface area contributed by atoms with Crippen molar-refractivity contribution in [2.24, 2.45) is 0 Å². The number of rotatable bonds is 16. The van der Waals surface area contributed by atoms with E-state index >= 15 is 0 Å². The minimum atomic E-state index is -1.06. The molecule has 324 valence electrons. The van der Waals surface area contributed by atoms with E-state index in [0.29, 0.717) is 12.8 Å². The van der Waals surface area contributed by atoms with Gasteiger partial charge in [-0.25, -0.2) is 0 Å². The van der Waals surface area contributed by atoms with Gasteiger partial charge in [0.1, 0.15) is 42.7 Å². The number of aliphatic hydroxyl groups is 1. The number of hydrogen-bond acceptors (Lipinski definition) is 17. The first-order valence-corrected chi connectivity index (χ1v) is 17.9. The molecule has 3 N–H and O–H groups in total. The smallest absolute Gasteiger partial charge is 0.309 e. The Kier molecular flexibility index (Phi) is 30.2. The molecule has 0 amide bonds. The largest absolute Gasteiger partial charge is 0.481 e. The van der Waals surface area contributed by atoms with Crippen LogP contribution in [-0.2, 0) is 76.3 Å². The zero-order valence-electron chi connectivity index (χ0n) is 33.1. The van der Waals surface area contributed by atoms with Crippen LogP contribution >= 0.6 is 0 Å². The van der Waals surface area contributed by atoms with Gasteiger partial charge in [0, 0.05) is 6.42 Å². The molecule has 0 radical (unpaired) electrons. The van der Waals surface area contributed by atoms with Crippen LogP contribution in [0.1, 0.15) is 134 Å². The van der Waals surface area contributed by atoms with Gasteiger partial charge in [-0.1, -0.05) is 14.4 Å². The molecule has 1 aliphatic rings. The maximum Gasteiger partial charge on any atom is 0.309 e. The second kappa shape index (κ2) is 30.4. The van der Waals surface area contributed by atoms with Crippen LogP contribution in [0.25, 0.3) is 0 Å². The Morgan fingerprint density at radius 3 is 1.09 bits per heavy atom. The summed E-state index contributed by atoms with van der Waals surface area (Å²) in [6, 6.07) is 0. The van der Waals surface area contributed by atoms with Gasteiger partial charge in [0.2, 0.25) is 0 Å². The molecule has 56 heavy (non-hydrogen) atoms. The molecule has 0 bridgehead atoms. The zero-order valence-corrected chi connectivity index (χ0v) is 33.1. The van der Waals surface area contributed by atoms with Gasteiger partial charge < -0.3 is 48.5 Å². The van der Waals surface area contributed by atoms with Gasteiger partial charge in [0.15, 0.2) is 0 Å². The lowest BCUT2D eigenvalue weighted by Crippen LogP contribution is -2.29. The van der Waals surface area contributed by atoms with Crippen LogP contribution < -0.4 is 0 Å². The summed E-state index contributed by atoms with van der Waals surface area (Å²) in [6.45, 7) is 14.2. The van der Waals surface area contributed by atoms with E-state index in [1.807, 2.05) is 6.92 Å². The SMILES string of the molecule is C.CC(CC(=O)O[C@H](C)CC(=O)O)OC(=O)C[C@@H](C)O.CCCC(=O)O[C@H](C)CC(=O)O[C@H](C)CC(=O)O.C[C@@H]1CC(=O)O[C@H](C)CC(=O)O[C@H](C)CC(=O)O1. The van der Waals surface area contributed by atoms with Crippen LogP contribution in [0.15, 0.2) is 0 Å². The van der Waals surface area contributed by atoms with Crippen LogP contribution in [0.3, 0.4) is 0 Å². The molecule has 1 heterocycles. The first-order valence-electron chi connectivity index (χ1n) is 17.9. The molecule has 19 nitrogen and oxygen atoms in total. The number of ether oxygens (including phenoxy) is 7. The minimum Gasteiger partial charge on any atom is -0.481 e. The van der Waals surface area contributed by atoms with Crippen molar-refractivity contribution in [3.63, 3.8) is 0 Å². The van der Waals surface area contributed by atoms with Crippen molar-refractivity contribution in [3.05, 3.63) is 0 Å². The van der Waals surface area contributed by atoms with Gasteiger partial charge >= 0.3 is 53.7 Å². The molecule has 0 aliphatic carbocycles. The number of carbonyl (C=O) groups excluding carboxylic acids is 7. The molecule has 1 aliphatic heterocycles. The van der Waals surface area contributed by atoms with Crippen molar-refractivity contribution in [2.45, 2.75) is 183 Å². The highest BCUT2D eigenvalue weighted by Gasteiger charge is 2.24. The molecule has 0 spiro atoms. The quantitative estimate of drug-likeness (QED) is 0.148. The van der Waals surface area contributed by atoms with Gasteiger partial charge in [-0.15, -0.1) is 0 Å². The molecule has 0 aromatic heterocycles. The second-order valence-corrected chi connectivity index (χ2v) is 13.1. The fourth-order valence-electron chi connectivity index (χ4n) is 4.32. The Morgan fingerprint density at radius 2 is 0.821 bits per heavy atom. The van der Waals surface area contributed by atoms with Crippen LogP contribution in [0.5, 0.6) is 0 Å². The molecule has 1 fully saturated rings. The van der Waals surface area contributed by atoms with Crippen LogP contribution in [0, 0.1) is 0 Å². The molecule has 1 saturated heterocycles. The van der Waals surface area contributed by atoms with Gasteiger partial charge in [-0.3, -0.25) is 43.2 Å². The van der Waals surface area contributed by atoms with Gasteiger partial charge in [-0.05, 0) is 61.8 Å². The standard InChI is InChI=1S/C12H20O7.C12H18O6.C12H20O6.CH4/c1-7(13)4-11(16)19-9(3)6-12(17)18-8(2)5-10(14)15;1-7-4-10(13)17-9(3)6-12(15)18-8(2)5-11(14)16-7;1-4-5-11(15)17-9(3)7-12(16)18-8(2)6-10(13)14;/h7-9,13H,4-6H2,1-3H3,(H,14,15);7-9H,4-6H2,1-3H3;8-9H,4-7H2,1-3H3,(H,13,14);1H4/t7-,8-,9?;7-,8-,9-;8-,9-;/m111./s1. The molecule has 0 saturated carbocycles.